The molecular formula is C24H15Cl5N2O2S. The molecule has 5 rings (SSSR count). The van der Waals surface area contributed by atoms with Crippen LogP contribution in [0, 0.1) is 16.0 Å². The third-order valence-electron chi connectivity index (χ3n) is 6.15. The fourth-order valence-corrected chi connectivity index (χ4v) is 7.33. The van der Waals surface area contributed by atoms with Crippen LogP contribution in [0.3, 0.4) is 0 Å². The first-order chi connectivity index (χ1) is 16.3. The summed E-state index contributed by atoms with van der Waals surface area (Å²) in [6, 6.07) is 15.5. The summed E-state index contributed by atoms with van der Waals surface area (Å²) in [6.45, 7) is 0. The number of nitro groups is 1. The molecule has 0 amide bonds. The van der Waals surface area contributed by atoms with Gasteiger partial charge in [-0.25, -0.2) is 0 Å². The molecule has 2 aliphatic rings. The predicted octanol–water partition coefficient (Wildman–Crippen LogP) is 9.72. The molecule has 10 heteroatoms. The van der Waals surface area contributed by atoms with Crippen LogP contribution < -0.4 is 5.32 Å². The van der Waals surface area contributed by atoms with E-state index in [0.717, 1.165) is 21.7 Å². The van der Waals surface area contributed by atoms with Crippen LogP contribution >= 0.6 is 69.8 Å². The highest BCUT2D eigenvalue weighted by molar-refractivity contribution is 8.03. The Balaban J connectivity index is 1.63. The number of benzene rings is 3. The SMILES string of the molecule is O=[N+]([O-])c1ccccc1SC1=C(Cl)[C@@H]2c3cc(Cl)cc(Cl)c3N[C@@H](c3cccc(Cl)c3Cl)[C@H]2C1. The second-order valence-electron chi connectivity index (χ2n) is 8.06. The van der Waals surface area contributed by atoms with Crippen LogP contribution in [-0.2, 0) is 0 Å². The number of rotatable bonds is 4. The number of hydrogen-bond donors (Lipinski definition) is 1. The summed E-state index contributed by atoms with van der Waals surface area (Å²) in [5.74, 6) is -0.241. The Kier molecular flexibility index (Phi) is 6.70. The molecule has 174 valence electrons. The standard InChI is InChI=1S/C24H15Cl5N2O2S/c25-11-8-13-20-14(10-19(22(20)29)34-18-7-2-1-6-17(18)31(32)33)23(30-24(13)16(27)9-11)12-4-3-5-15(26)21(12)28/h1-9,14,20,23,30H,10H2/t14-,20+,23-/m0/s1. The monoisotopic (exact) mass is 570 g/mol. The van der Waals surface area contributed by atoms with Gasteiger partial charge in [0.1, 0.15) is 0 Å². The second-order valence-corrected chi connectivity index (χ2v) is 11.2. The van der Waals surface area contributed by atoms with Gasteiger partial charge < -0.3 is 5.32 Å². The van der Waals surface area contributed by atoms with Gasteiger partial charge in [0.15, 0.2) is 0 Å². The number of anilines is 1. The molecule has 3 aromatic rings. The van der Waals surface area contributed by atoms with Gasteiger partial charge in [-0.3, -0.25) is 10.1 Å². The minimum Gasteiger partial charge on any atom is -0.376 e. The number of thioether (sulfide) groups is 1. The average molecular weight is 573 g/mol. The van der Waals surface area contributed by atoms with Gasteiger partial charge in [0.2, 0.25) is 0 Å². The first-order valence-electron chi connectivity index (χ1n) is 10.3. The third kappa shape index (κ3) is 4.17. The minimum absolute atomic E-state index is 0.0317. The van der Waals surface area contributed by atoms with Crippen molar-refractivity contribution in [2.24, 2.45) is 5.92 Å². The Bertz CT molecular complexity index is 1360. The molecule has 0 saturated heterocycles. The minimum atomic E-state index is -0.385. The van der Waals surface area contributed by atoms with Crippen molar-refractivity contribution in [3.05, 3.63) is 106 Å². The smallest absolute Gasteiger partial charge is 0.283 e. The summed E-state index contributed by atoms with van der Waals surface area (Å²) in [4.78, 5) is 12.6. The van der Waals surface area contributed by atoms with Gasteiger partial charge in [0, 0.05) is 26.9 Å². The Morgan fingerprint density at radius 3 is 2.47 bits per heavy atom. The lowest BCUT2D eigenvalue weighted by Crippen LogP contribution is -2.30. The summed E-state index contributed by atoms with van der Waals surface area (Å²) < 4.78 is 0. The lowest BCUT2D eigenvalue weighted by atomic mass is 9.77. The van der Waals surface area contributed by atoms with E-state index in [9.17, 15) is 10.1 Å². The van der Waals surface area contributed by atoms with Crippen molar-refractivity contribution in [3.8, 4) is 0 Å². The summed E-state index contributed by atoms with van der Waals surface area (Å²) in [5.41, 5.74) is 2.50. The molecule has 0 fully saturated rings. The molecule has 4 nitrogen and oxygen atoms in total. The molecular weight excluding hydrogens is 558 g/mol. The zero-order valence-corrected chi connectivity index (χ0v) is 21.8. The lowest BCUT2D eigenvalue weighted by molar-refractivity contribution is -0.387. The number of hydrogen-bond acceptors (Lipinski definition) is 4. The molecule has 0 bridgehead atoms. The maximum atomic E-state index is 11.5. The van der Waals surface area contributed by atoms with Crippen molar-refractivity contribution in [2.75, 3.05) is 5.32 Å². The highest BCUT2D eigenvalue weighted by Crippen LogP contribution is 2.61. The molecule has 1 heterocycles. The molecule has 0 aromatic heterocycles. The number of nitrogens with one attached hydrogen (secondary N) is 1. The lowest BCUT2D eigenvalue weighted by Gasteiger charge is -2.39. The van der Waals surface area contributed by atoms with E-state index in [-0.39, 0.29) is 28.5 Å². The van der Waals surface area contributed by atoms with Crippen LogP contribution in [0.2, 0.25) is 20.1 Å². The van der Waals surface area contributed by atoms with E-state index in [2.05, 4.69) is 5.32 Å². The zero-order chi connectivity index (χ0) is 24.1. The van der Waals surface area contributed by atoms with E-state index in [1.54, 1.807) is 30.3 Å². The molecule has 0 unspecified atom stereocenters. The van der Waals surface area contributed by atoms with Crippen molar-refractivity contribution >= 4 is 81.1 Å². The largest absolute Gasteiger partial charge is 0.376 e. The Labute approximate surface area is 225 Å². The van der Waals surface area contributed by atoms with Gasteiger partial charge in [0.05, 0.1) is 36.6 Å². The highest BCUT2D eigenvalue weighted by atomic mass is 35.5. The number of halogens is 5. The van der Waals surface area contributed by atoms with Crippen LogP contribution in [0.15, 0.2) is 69.4 Å². The van der Waals surface area contributed by atoms with Gasteiger partial charge in [-0.05, 0) is 47.7 Å². The molecule has 1 aliphatic carbocycles. The van der Waals surface area contributed by atoms with E-state index in [1.165, 1.54) is 17.8 Å². The van der Waals surface area contributed by atoms with Crippen molar-refractivity contribution < 1.29 is 4.92 Å². The van der Waals surface area contributed by atoms with Crippen LogP contribution in [-0.4, -0.2) is 4.92 Å². The highest BCUT2D eigenvalue weighted by Gasteiger charge is 2.46. The average Bonchev–Trinajstić information content (AvgIpc) is 3.12. The molecule has 0 spiro atoms. The number of allylic oxidation sites excluding steroid dienone is 2. The second kappa shape index (κ2) is 9.45. The summed E-state index contributed by atoms with van der Waals surface area (Å²) in [6.07, 6.45) is 0.588. The van der Waals surface area contributed by atoms with Crippen molar-refractivity contribution in [1.29, 1.82) is 0 Å². The van der Waals surface area contributed by atoms with Gasteiger partial charge in [-0.2, -0.15) is 0 Å². The molecule has 3 aromatic carbocycles. The van der Waals surface area contributed by atoms with Crippen LogP contribution in [0.5, 0.6) is 0 Å². The number of fused-ring (bicyclic) bond motifs is 3. The topological polar surface area (TPSA) is 55.2 Å². The Morgan fingerprint density at radius 1 is 0.941 bits per heavy atom. The van der Waals surface area contributed by atoms with Gasteiger partial charge >= 0.3 is 0 Å². The zero-order valence-electron chi connectivity index (χ0n) is 17.2. The fourth-order valence-electron chi connectivity index (χ4n) is 4.71. The molecule has 0 radical (unpaired) electrons. The molecule has 34 heavy (non-hydrogen) atoms. The quantitative estimate of drug-likeness (QED) is 0.250. The first-order valence-corrected chi connectivity index (χ1v) is 13.0. The van der Waals surface area contributed by atoms with Crippen molar-refractivity contribution in [2.45, 2.75) is 23.3 Å². The maximum absolute atomic E-state index is 11.5. The Hall–Kier alpha value is -1.60. The van der Waals surface area contributed by atoms with Gasteiger partial charge in [-0.15, -0.1) is 0 Å². The molecule has 0 saturated carbocycles. The van der Waals surface area contributed by atoms with E-state index >= 15 is 0 Å². The van der Waals surface area contributed by atoms with Gasteiger partial charge in [-0.1, -0.05) is 94.0 Å². The summed E-state index contributed by atoms with van der Waals surface area (Å²) in [5, 5.41) is 17.6. The molecule has 1 aliphatic heterocycles. The van der Waals surface area contributed by atoms with E-state index in [0.29, 0.717) is 36.4 Å². The fraction of sp³-hybridized carbons (Fsp3) is 0.167. The van der Waals surface area contributed by atoms with E-state index < -0.39 is 0 Å². The first kappa shape index (κ1) is 24.1. The number of para-hydroxylation sites is 1. The molecule has 3 atom stereocenters. The molecule has 1 N–H and O–H groups in total. The van der Waals surface area contributed by atoms with Crippen LogP contribution in [0.1, 0.15) is 29.5 Å². The van der Waals surface area contributed by atoms with Crippen molar-refractivity contribution in [1.82, 2.24) is 0 Å². The predicted molar refractivity (Wildman–Crippen MR) is 142 cm³/mol. The van der Waals surface area contributed by atoms with Crippen LogP contribution in [0.4, 0.5) is 11.4 Å². The third-order valence-corrected chi connectivity index (χ3v) is 9.27. The van der Waals surface area contributed by atoms with E-state index in [4.69, 9.17) is 58.0 Å². The normalized spacial score (nSPS) is 21.1. The number of nitrogens with zero attached hydrogens (tertiary/aromatic N) is 1. The van der Waals surface area contributed by atoms with Gasteiger partial charge in [0.25, 0.3) is 5.69 Å². The summed E-state index contributed by atoms with van der Waals surface area (Å²) >= 11 is 34.2. The number of nitro benzene ring substituents is 1. The maximum Gasteiger partial charge on any atom is 0.283 e. The van der Waals surface area contributed by atoms with Crippen LogP contribution in [0.25, 0.3) is 0 Å². The van der Waals surface area contributed by atoms with Crippen molar-refractivity contribution in [3.63, 3.8) is 0 Å². The summed E-state index contributed by atoms with van der Waals surface area (Å²) in [7, 11) is 0. The van der Waals surface area contributed by atoms with E-state index in [1.807, 2.05) is 18.2 Å². The Morgan fingerprint density at radius 2 is 1.71 bits per heavy atom.